The highest BCUT2D eigenvalue weighted by Gasteiger charge is 2.17. The fourth-order valence-corrected chi connectivity index (χ4v) is 1.54. The third-order valence-electron chi connectivity index (χ3n) is 2.03. The molecule has 0 spiro atoms. The maximum Gasteiger partial charge on any atom is 0.153 e. The summed E-state index contributed by atoms with van der Waals surface area (Å²) < 4.78 is 23.7. The normalized spacial score (nSPS) is 10.2. The van der Waals surface area contributed by atoms with Gasteiger partial charge < -0.3 is 14.8 Å². The first-order valence-electron chi connectivity index (χ1n) is 4.39. The van der Waals surface area contributed by atoms with E-state index in [1.54, 1.807) is 13.1 Å². The number of methoxy groups -OCH3 is 2. The van der Waals surface area contributed by atoms with Crippen LogP contribution in [0.2, 0.25) is 5.02 Å². The molecule has 0 amide bonds. The van der Waals surface area contributed by atoms with Gasteiger partial charge in [0.1, 0.15) is 16.5 Å². The minimum Gasteiger partial charge on any atom is -0.496 e. The number of benzene rings is 1. The maximum atomic E-state index is 13.8. The highest BCUT2D eigenvalue weighted by atomic mass is 35.5. The van der Waals surface area contributed by atoms with E-state index in [1.165, 1.54) is 14.2 Å². The van der Waals surface area contributed by atoms with Gasteiger partial charge in [-0.2, -0.15) is 0 Å². The lowest BCUT2D eigenvalue weighted by Crippen LogP contribution is -2.09. The summed E-state index contributed by atoms with van der Waals surface area (Å²) >= 11 is 5.78. The van der Waals surface area contributed by atoms with Crippen LogP contribution in [0.5, 0.6) is 11.5 Å². The third-order valence-corrected chi connectivity index (χ3v) is 2.38. The summed E-state index contributed by atoms with van der Waals surface area (Å²) in [6.07, 6.45) is 0. The lowest BCUT2D eigenvalue weighted by Gasteiger charge is -2.13. The molecule has 0 saturated carbocycles. The lowest BCUT2D eigenvalue weighted by molar-refractivity contribution is 0.383. The molecule has 3 nitrogen and oxygen atoms in total. The number of hydrogen-bond donors (Lipinski definition) is 1. The Labute approximate surface area is 93.1 Å². The summed E-state index contributed by atoms with van der Waals surface area (Å²) in [6, 6.07) is 1.57. The second-order valence-electron chi connectivity index (χ2n) is 2.92. The van der Waals surface area contributed by atoms with E-state index in [2.05, 4.69) is 5.32 Å². The molecule has 0 heterocycles. The Kier molecular flexibility index (Phi) is 4.17. The minimum atomic E-state index is -0.512. The van der Waals surface area contributed by atoms with Gasteiger partial charge in [-0.3, -0.25) is 0 Å². The Hall–Kier alpha value is -1.000. The first-order valence-corrected chi connectivity index (χ1v) is 4.77. The molecular weight excluding hydrogens is 221 g/mol. The lowest BCUT2D eigenvalue weighted by atomic mass is 10.1. The van der Waals surface area contributed by atoms with Crippen molar-refractivity contribution in [2.24, 2.45) is 0 Å². The van der Waals surface area contributed by atoms with Crippen molar-refractivity contribution < 1.29 is 13.9 Å². The number of hydrogen-bond acceptors (Lipinski definition) is 3. The SMILES string of the molecule is CNCc1c(OC)cc(OC)c(Cl)c1F. The molecule has 0 radical (unpaired) electrons. The summed E-state index contributed by atoms with van der Waals surface area (Å²) in [6.45, 7) is 0.346. The van der Waals surface area contributed by atoms with Crippen LogP contribution in [0.25, 0.3) is 0 Å². The highest BCUT2D eigenvalue weighted by Crippen LogP contribution is 2.35. The van der Waals surface area contributed by atoms with E-state index in [4.69, 9.17) is 21.1 Å². The second-order valence-corrected chi connectivity index (χ2v) is 3.30. The van der Waals surface area contributed by atoms with Gasteiger partial charge >= 0.3 is 0 Å². The van der Waals surface area contributed by atoms with Crippen molar-refractivity contribution in [3.05, 3.63) is 22.5 Å². The largest absolute Gasteiger partial charge is 0.496 e. The van der Waals surface area contributed by atoms with Gasteiger partial charge in [-0.05, 0) is 7.05 Å². The first-order chi connectivity index (χ1) is 7.15. The van der Waals surface area contributed by atoms with E-state index in [0.717, 1.165) is 0 Å². The fraction of sp³-hybridized carbons (Fsp3) is 0.400. The predicted octanol–water partition coefficient (Wildman–Crippen LogP) is 2.22. The summed E-state index contributed by atoms with van der Waals surface area (Å²) in [5.74, 6) is 0.177. The average molecular weight is 234 g/mol. The van der Waals surface area contributed by atoms with Crippen LogP contribution in [0.1, 0.15) is 5.56 Å². The van der Waals surface area contributed by atoms with Crippen LogP contribution in [0.3, 0.4) is 0 Å². The van der Waals surface area contributed by atoms with Crippen LogP contribution in [-0.4, -0.2) is 21.3 Å². The molecular formula is C10H13ClFNO2. The molecule has 1 N–H and O–H groups in total. The van der Waals surface area contributed by atoms with E-state index >= 15 is 0 Å². The third kappa shape index (κ3) is 2.33. The zero-order valence-corrected chi connectivity index (χ0v) is 9.61. The molecule has 0 aromatic heterocycles. The monoisotopic (exact) mass is 233 g/mol. The Morgan fingerprint density at radius 3 is 2.40 bits per heavy atom. The van der Waals surface area contributed by atoms with Gasteiger partial charge in [-0.25, -0.2) is 4.39 Å². The van der Waals surface area contributed by atoms with Crippen molar-refractivity contribution in [1.29, 1.82) is 0 Å². The summed E-state index contributed by atoms with van der Waals surface area (Å²) in [4.78, 5) is 0. The highest BCUT2D eigenvalue weighted by molar-refractivity contribution is 6.32. The van der Waals surface area contributed by atoms with Crippen molar-refractivity contribution in [1.82, 2.24) is 5.32 Å². The molecule has 15 heavy (non-hydrogen) atoms. The van der Waals surface area contributed by atoms with Gasteiger partial charge in [-0.15, -0.1) is 0 Å². The van der Waals surface area contributed by atoms with Crippen LogP contribution < -0.4 is 14.8 Å². The predicted molar refractivity (Wildman–Crippen MR) is 57.3 cm³/mol. The van der Waals surface area contributed by atoms with Gasteiger partial charge in [0.15, 0.2) is 5.82 Å². The van der Waals surface area contributed by atoms with Crippen molar-refractivity contribution in [2.75, 3.05) is 21.3 Å². The molecule has 84 valence electrons. The van der Waals surface area contributed by atoms with Gasteiger partial charge in [0.2, 0.25) is 0 Å². The van der Waals surface area contributed by atoms with Crippen LogP contribution >= 0.6 is 11.6 Å². The molecule has 0 saturated heterocycles. The summed E-state index contributed by atoms with van der Waals surface area (Å²) in [5.41, 5.74) is 0.394. The maximum absolute atomic E-state index is 13.8. The number of halogens is 2. The molecule has 0 atom stereocenters. The summed E-state index contributed by atoms with van der Waals surface area (Å²) in [7, 11) is 4.62. The van der Waals surface area contributed by atoms with E-state index in [-0.39, 0.29) is 10.8 Å². The second kappa shape index (κ2) is 5.19. The van der Waals surface area contributed by atoms with E-state index in [9.17, 15) is 4.39 Å². The first kappa shape index (κ1) is 12.1. The molecule has 0 aliphatic heterocycles. The molecule has 0 unspecified atom stereocenters. The zero-order chi connectivity index (χ0) is 11.4. The molecule has 1 aromatic carbocycles. The van der Waals surface area contributed by atoms with Crippen LogP contribution in [-0.2, 0) is 6.54 Å². The van der Waals surface area contributed by atoms with Crippen molar-refractivity contribution >= 4 is 11.6 Å². The van der Waals surface area contributed by atoms with E-state index in [0.29, 0.717) is 17.9 Å². The molecule has 0 fully saturated rings. The zero-order valence-electron chi connectivity index (χ0n) is 8.86. The Bertz CT molecular complexity index is 358. The standard InChI is InChI=1S/C10H13ClFNO2/c1-13-5-6-7(14-2)4-8(15-3)9(11)10(6)12/h4,13H,5H2,1-3H3. The Morgan fingerprint density at radius 2 is 1.93 bits per heavy atom. The van der Waals surface area contributed by atoms with Crippen molar-refractivity contribution in [3.63, 3.8) is 0 Å². The van der Waals surface area contributed by atoms with Crippen LogP contribution in [0, 0.1) is 5.82 Å². The van der Waals surface area contributed by atoms with Gasteiger partial charge in [0, 0.05) is 18.2 Å². The number of rotatable bonds is 4. The van der Waals surface area contributed by atoms with Crippen molar-refractivity contribution in [3.8, 4) is 11.5 Å². The van der Waals surface area contributed by atoms with Crippen LogP contribution in [0.4, 0.5) is 4.39 Å². The van der Waals surface area contributed by atoms with Gasteiger partial charge in [-0.1, -0.05) is 11.6 Å². The minimum absolute atomic E-state index is 0.0245. The number of ether oxygens (including phenoxy) is 2. The molecule has 0 bridgehead atoms. The van der Waals surface area contributed by atoms with E-state index < -0.39 is 5.82 Å². The Balaban J connectivity index is 3.30. The Morgan fingerprint density at radius 1 is 1.33 bits per heavy atom. The smallest absolute Gasteiger partial charge is 0.153 e. The summed E-state index contributed by atoms with van der Waals surface area (Å²) in [5, 5.41) is 2.82. The quantitative estimate of drug-likeness (QED) is 0.865. The van der Waals surface area contributed by atoms with Gasteiger partial charge in [0.05, 0.1) is 14.2 Å². The van der Waals surface area contributed by atoms with Crippen LogP contribution in [0.15, 0.2) is 6.07 Å². The molecule has 1 aromatic rings. The number of nitrogens with one attached hydrogen (secondary N) is 1. The molecule has 1 rings (SSSR count). The molecule has 0 aliphatic rings. The molecule has 0 aliphatic carbocycles. The molecule has 5 heteroatoms. The average Bonchev–Trinajstić information content (AvgIpc) is 2.25. The van der Waals surface area contributed by atoms with E-state index in [1.807, 2.05) is 0 Å². The topological polar surface area (TPSA) is 30.5 Å². The van der Waals surface area contributed by atoms with Crippen molar-refractivity contribution in [2.45, 2.75) is 6.54 Å². The fourth-order valence-electron chi connectivity index (χ4n) is 1.29. The van der Waals surface area contributed by atoms with Gasteiger partial charge in [0.25, 0.3) is 0 Å².